The van der Waals surface area contributed by atoms with Gasteiger partial charge in [-0.1, -0.05) is 48.5 Å². The molecule has 0 spiro atoms. The van der Waals surface area contributed by atoms with Gasteiger partial charge in [0.25, 0.3) is 5.91 Å². The number of benzene rings is 3. The van der Waals surface area contributed by atoms with Gasteiger partial charge in [-0.2, -0.15) is 10.4 Å². The third-order valence-electron chi connectivity index (χ3n) is 7.55. The lowest BCUT2D eigenvalue weighted by Gasteiger charge is -2.34. The largest absolute Gasteiger partial charge is 0.444 e. The summed E-state index contributed by atoms with van der Waals surface area (Å²) in [4.78, 5) is 43.6. The van der Waals surface area contributed by atoms with E-state index in [0.29, 0.717) is 33.7 Å². The Balaban J connectivity index is 1.58. The summed E-state index contributed by atoms with van der Waals surface area (Å²) in [5, 5.41) is 24.7. The maximum absolute atomic E-state index is 14.7. The predicted molar refractivity (Wildman–Crippen MR) is 167 cm³/mol. The number of aromatic amines is 1. The molecule has 3 amide bonds. The van der Waals surface area contributed by atoms with Crippen LogP contribution in [0, 0.1) is 11.3 Å². The van der Waals surface area contributed by atoms with E-state index in [2.05, 4.69) is 26.9 Å². The van der Waals surface area contributed by atoms with E-state index in [4.69, 9.17) is 4.74 Å². The Bertz CT molecular complexity index is 1750. The van der Waals surface area contributed by atoms with Crippen molar-refractivity contribution >= 4 is 40.2 Å². The topological polar surface area (TPSA) is 143 Å². The van der Waals surface area contributed by atoms with Crippen LogP contribution >= 0.6 is 0 Å². The van der Waals surface area contributed by atoms with Gasteiger partial charge in [0, 0.05) is 19.0 Å². The molecule has 3 atom stereocenters. The van der Waals surface area contributed by atoms with Crippen molar-refractivity contribution in [2.75, 3.05) is 23.8 Å². The molecule has 0 saturated carbocycles. The minimum absolute atomic E-state index is 0.0945. The van der Waals surface area contributed by atoms with Gasteiger partial charge in [-0.15, -0.1) is 0 Å². The standard InChI is InChI=1S/C33H35N7O4/c1-20(39(5)32(43)44-33(2,3)4)30(41)36-26-19-35-25-16-10-11-17-27(25)40(31(26)42)29(22-13-7-6-12-21(22)18-34)28-23-14-8-9-15-24(23)37-38-28/h6-17,20,26,29,35H,19H2,1-5H3,(H,36,41)(H,37,38)/t20?,26-,29-/m0/s1. The van der Waals surface area contributed by atoms with Gasteiger partial charge in [-0.25, -0.2) is 4.79 Å². The summed E-state index contributed by atoms with van der Waals surface area (Å²) in [6.45, 7) is 6.90. The van der Waals surface area contributed by atoms with Crippen molar-refractivity contribution in [3.05, 3.63) is 89.6 Å². The Morgan fingerprint density at radius 2 is 1.77 bits per heavy atom. The normalized spacial score (nSPS) is 16.1. The van der Waals surface area contributed by atoms with Crippen LogP contribution in [0.4, 0.5) is 16.2 Å². The molecular weight excluding hydrogens is 558 g/mol. The molecule has 0 bridgehead atoms. The van der Waals surface area contributed by atoms with Gasteiger partial charge in [0.2, 0.25) is 5.91 Å². The monoisotopic (exact) mass is 593 g/mol. The summed E-state index contributed by atoms with van der Waals surface area (Å²) in [5.74, 6) is -0.926. The number of nitriles is 1. The molecule has 0 radical (unpaired) electrons. The molecule has 0 saturated heterocycles. The van der Waals surface area contributed by atoms with Crippen molar-refractivity contribution in [2.24, 2.45) is 0 Å². The quantitative estimate of drug-likeness (QED) is 0.293. The predicted octanol–water partition coefficient (Wildman–Crippen LogP) is 4.72. The second-order valence-corrected chi connectivity index (χ2v) is 11.7. The molecule has 44 heavy (non-hydrogen) atoms. The van der Waals surface area contributed by atoms with Crippen molar-refractivity contribution in [3.63, 3.8) is 0 Å². The van der Waals surface area contributed by atoms with Crippen LogP contribution in [0.25, 0.3) is 10.9 Å². The van der Waals surface area contributed by atoms with Crippen molar-refractivity contribution in [3.8, 4) is 6.07 Å². The SMILES string of the molecule is CC(C(=O)N[C@H]1CNc2ccccc2N([C@@H](c2ccccc2C#N)c2[nH]nc3ccccc23)C1=O)N(C)C(=O)OC(C)(C)C. The summed E-state index contributed by atoms with van der Waals surface area (Å²) >= 11 is 0. The molecule has 11 heteroatoms. The molecule has 1 unspecified atom stereocenters. The van der Waals surface area contributed by atoms with Crippen molar-refractivity contribution < 1.29 is 19.1 Å². The Morgan fingerprint density at radius 3 is 2.52 bits per heavy atom. The van der Waals surface area contributed by atoms with E-state index < -0.39 is 41.6 Å². The molecule has 11 nitrogen and oxygen atoms in total. The first-order valence-corrected chi connectivity index (χ1v) is 14.3. The highest BCUT2D eigenvalue weighted by molar-refractivity contribution is 6.05. The van der Waals surface area contributed by atoms with E-state index in [1.54, 1.807) is 44.7 Å². The minimum Gasteiger partial charge on any atom is -0.444 e. The maximum Gasteiger partial charge on any atom is 0.410 e. The number of carbonyl (C=O) groups is 3. The van der Waals surface area contributed by atoms with E-state index in [9.17, 15) is 19.6 Å². The zero-order valence-electron chi connectivity index (χ0n) is 25.3. The number of likely N-dealkylation sites (N-methyl/N-ethyl adjacent to an activating group) is 1. The summed E-state index contributed by atoms with van der Waals surface area (Å²) in [6, 6.07) is 21.6. The zero-order chi connectivity index (χ0) is 31.6. The first-order chi connectivity index (χ1) is 21.0. The van der Waals surface area contributed by atoms with Gasteiger partial charge in [0.1, 0.15) is 23.7 Å². The lowest BCUT2D eigenvalue weighted by Crippen LogP contribution is -2.56. The number of hydrogen-bond donors (Lipinski definition) is 3. The third kappa shape index (κ3) is 5.92. The zero-order valence-corrected chi connectivity index (χ0v) is 25.3. The van der Waals surface area contributed by atoms with Crippen LogP contribution in [0.5, 0.6) is 0 Å². The molecular formula is C33H35N7O4. The number of anilines is 2. The van der Waals surface area contributed by atoms with Gasteiger partial charge in [-0.05, 0) is 57.5 Å². The number of rotatable bonds is 6. The van der Waals surface area contributed by atoms with Gasteiger partial charge < -0.3 is 15.4 Å². The number of amides is 3. The van der Waals surface area contributed by atoms with Crippen LogP contribution in [0.15, 0.2) is 72.8 Å². The van der Waals surface area contributed by atoms with Crippen molar-refractivity contribution in [2.45, 2.75) is 51.4 Å². The number of hydrogen-bond acceptors (Lipinski definition) is 7. The smallest absolute Gasteiger partial charge is 0.410 e. The van der Waals surface area contributed by atoms with Crippen LogP contribution in [0.1, 0.15) is 50.6 Å². The Labute approximate surface area is 255 Å². The van der Waals surface area contributed by atoms with Crippen LogP contribution < -0.4 is 15.5 Å². The van der Waals surface area contributed by atoms with Gasteiger partial charge in [-0.3, -0.25) is 24.5 Å². The second-order valence-electron chi connectivity index (χ2n) is 11.7. The first kappa shape index (κ1) is 30.1. The molecule has 1 aliphatic heterocycles. The molecule has 226 valence electrons. The number of para-hydroxylation sites is 3. The summed E-state index contributed by atoms with van der Waals surface area (Å²) < 4.78 is 5.42. The van der Waals surface area contributed by atoms with Gasteiger partial charge in [0.05, 0.1) is 34.2 Å². The third-order valence-corrected chi connectivity index (χ3v) is 7.55. The average molecular weight is 594 g/mol. The number of aromatic nitrogens is 2. The average Bonchev–Trinajstić information content (AvgIpc) is 3.38. The van der Waals surface area contributed by atoms with E-state index in [0.717, 1.165) is 5.39 Å². The van der Waals surface area contributed by atoms with Crippen LogP contribution in [-0.4, -0.2) is 64.3 Å². The number of ether oxygens (including phenoxy) is 1. The number of carbonyl (C=O) groups excluding carboxylic acids is 3. The highest BCUT2D eigenvalue weighted by Gasteiger charge is 2.40. The maximum atomic E-state index is 14.7. The number of fused-ring (bicyclic) bond motifs is 2. The van der Waals surface area contributed by atoms with Gasteiger partial charge >= 0.3 is 6.09 Å². The minimum atomic E-state index is -1.02. The molecule has 1 aromatic heterocycles. The van der Waals surface area contributed by atoms with Crippen LogP contribution in [0.3, 0.4) is 0 Å². The summed E-state index contributed by atoms with van der Waals surface area (Å²) in [7, 11) is 1.48. The second kappa shape index (κ2) is 12.1. The fourth-order valence-corrected chi connectivity index (χ4v) is 5.21. The lowest BCUT2D eigenvalue weighted by molar-refractivity contribution is -0.130. The Kier molecular flexibility index (Phi) is 8.27. The Morgan fingerprint density at radius 1 is 1.09 bits per heavy atom. The van der Waals surface area contributed by atoms with E-state index >= 15 is 0 Å². The molecule has 3 aromatic carbocycles. The highest BCUT2D eigenvalue weighted by atomic mass is 16.6. The summed E-state index contributed by atoms with van der Waals surface area (Å²) in [5.41, 5.74) is 2.84. The number of H-pyrrole nitrogens is 1. The number of nitrogens with one attached hydrogen (secondary N) is 3. The lowest BCUT2D eigenvalue weighted by atomic mass is 9.94. The summed E-state index contributed by atoms with van der Waals surface area (Å²) in [6.07, 6.45) is -0.654. The Hall–Kier alpha value is -5.37. The highest BCUT2D eigenvalue weighted by Crippen LogP contribution is 2.41. The molecule has 4 aromatic rings. The van der Waals surface area contributed by atoms with Gasteiger partial charge in [0.15, 0.2) is 0 Å². The fourth-order valence-electron chi connectivity index (χ4n) is 5.21. The van der Waals surface area contributed by atoms with Crippen LogP contribution in [-0.2, 0) is 14.3 Å². The van der Waals surface area contributed by atoms with Crippen LogP contribution in [0.2, 0.25) is 0 Å². The van der Waals surface area contributed by atoms with Crippen molar-refractivity contribution in [1.29, 1.82) is 5.26 Å². The molecule has 1 aliphatic rings. The van der Waals surface area contributed by atoms with E-state index in [1.165, 1.54) is 11.9 Å². The first-order valence-electron chi connectivity index (χ1n) is 14.3. The molecule has 0 fully saturated rings. The molecule has 5 rings (SSSR count). The van der Waals surface area contributed by atoms with E-state index in [-0.39, 0.29) is 6.54 Å². The molecule has 2 heterocycles. The van der Waals surface area contributed by atoms with E-state index in [1.807, 2.05) is 60.7 Å². The van der Waals surface area contributed by atoms with Crippen molar-refractivity contribution in [1.82, 2.24) is 20.4 Å². The molecule has 0 aliphatic carbocycles. The molecule has 3 N–H and O–H groups in total. The fraction of sp³-hybridized carbons (Fsp3) is 0.303. The number of nitrogens with zero attached hydrogens (tertiary/aromatic N) is 4.